The van der Waals surface area contributed by atoms with Crippen molar-refractivity contribution in [3.8, 4) is 0 Å². The van der Waals surface area contributed by atoms with Gasteiger partial charge in [-0.2, -0.15) is 0 Å². The Hall–Kier alpha value is -2.26. The Balaban J connectivity index is 1.42. The van der Waals surface area contributed by atoms with Gasteiger partial charge in [-0.05, 0) is 53.6 Å². The first-order chi connectivity index (χ1) is 11.2. The molecule has 0 atom stereocenters. The van der Waals surface area contributed by atoms with E-state index in [2.05, 4.69) is 34.6 Å². The fraction of sp³-hybridized carbons (Fsp3) is 0.211. The number of hydrogen-bond donors (Lipinski definition) is 2. The minimum atomic E-state index is 0.0842. The molecule has 0 saturated carbocycles. The number of aromatic amines is 1. The Morgan fingerprint density at radius 2 is 1.78 bits per heavy atom. The SMILES string of the molecule is O=C(CCc1ccc(Cl)cc1)NCCc1ccc2cc[nH]c2c1. The van der Waals surface area contributed by atoms with Gasteiger partial charge >= 0.3 is 0 Å². The minimum absolute atomic E-state index is 0.0842. The standard InChI is InChI=1S/C19H19ClN2O/c20-17-6-2-14(3-7-17)4-8-19(23)22-11-9-15-1-5-16-10-12-21-18(16)13-15/h1-3,5-7,10,12-13,21H,4,8-9,11H2,(H,22,23). The number of hydrogen-bond acceptors (Lipinski definition) is 1. The van der Waals surface area contributed by atoms with Crippen LogP contribution < -0.4 is 5.32 Å². The third-order valence-corrected chi connectivity index (χ3v) is 4.16. The van der Waals surface area contributed by atoms with Gasteiger partial charge in [-0.15, -0.1) is 0 Å². The summed E-state index contributed by atoms with van der Waals surface area (Å²) in [7, 11) is 0. The van der Waals surface area contributed by atoms with E-state index >= 15 is 0 Å². The summed E-state index contributed by atoms with van der Waals surface area (Å²) in [6, 6.07) is 16.0. The van der Waals surface area contributed by atoms with Crippen molar-refractivity contribution >= 4 is 28.4 Å². The van der Waals surface area contributed by atoms with Crippen LogP contribution in [0.3, 0.4) is 0 Å². The van der Waals surface area contributed by atoms with Crippen molar-refractivity contribution in [2.45, 2.75) is 19.3 Å². The number of amides is 1. The Morgan fingerprint density at radius 1 is 1.00 bits per heavy atom. The lowest BCUT2D eigenvalue weighted by Gasteiger charge is -2.06. The van der Waals surface area contributed by atoms with E-state index in [-0.39, 0.29) is 5.91 Å². The van der Waals surface area contributed by atoms with E-state index in [0.29, 0.717) is 13.0 Å². The third kappa shape index (κ3) is 4.36. The molecule has 0 aliphatic heterocycles. The van der Waals surface area contributed by atoms with Gasteiger partial charge in [0.2, 0.25) is 5.91 Å². The number of fused-ring (bicyclic) bond motifs is 1. The molecule has 0 aliphatic carbocycles. The zero-order valence-corrected chi connectivity index (χ0v) is 13.6. The van der Waals surface area contributed by atoms with Crippen LogP contribution in [-0.2, 0) is 17.6 Å². The molecule has 0 unspecified atom stereocenters. The van der Waals surface area contributed by atoms with Crippen LogP contribution in [0, 0.1) is 0 Å². The molecular formula is C19H19ClN2O. The molecule has 4 heteroatoms. The van der Waals surface area contributed by atoms with Crippen molar-refractivity contribution in [3.05, 3.63) is 70.9 Å². The first kappa shape index (κ1) is 15.6. The normalized spacial score (nSPS) is 10.8. The van der Waals surface area contributed by atoms with Gasteiger partial charge in [-0.3, -0.25) is 4.79 Å². The van der Waals surface area contributed by atoms with Crippen molar-refractivity contribution < 1.29 is 4.79 Å². The number of halogens is 1. The molecule has 3 rings (SSSR count). The summed E-state index contributed by atoms with van der Waals surface area (Å²) < 4.78 is 0. The van der Waals surface area contributed by atoms with Crippen LogP contribution in [-0.4, -0.2) is 17.4 Å². The van der Waals surface area contributed by atoms with Gasteiger partial charge in [-0.25, -0.2) is 0 Å². The summed E-state index contributed by atoms with van der Waals surface area (Å²) in [5.74, 6) is 0.0842. The van der Waals surface area contributed by atoms with Crippen LogP contribution in [0.25, 0.3) is 10.9 Å². The van der Waals surface area contributed by atoms with Crippen molar-refractivity contribution in [2.24, 2.45) is 0 Å². The molecule has 0 bridgehead atoms. The summed E-state index contributed by atoms with van der Waals surface area (Å²) in [6.07, 6.45) is 4.00. The number of carbonyl (C=O) groups is 1. The molecular weight excluding hydrogens is 308 g/mol. The fourth-order valence-electron chi connectivity index (χ4n) is 2.59. The lowest BCUT2D eigenvalue weighted by molar-refractivity contribution is -0.121. The molecule has 0 fully saturated rings. The molecule has 1 aromatic heterocycles. The third-order valence-electron chi connectivity index (χ3n) is 3.91. The van der Waals surface area contributed by atoms with Gasteiger partial charge in [0.15, 0.2) is 0 Å². The Bertz CT molecular complexity index is 792. The highest BCUT2D eigenvalue weighted by atomic mass is 35.5. The molecule has 118 valence electrons. The fourth-order valence-corrected chi connectivity index (χ4v) is 2.72. The highest BCUT2D eigenvalue weighted by Gasteiger charge is 2.03. The second-order valence-corrected chi connectivity index (χ2v) is 6.06. The van der Waals surface area contributed by atoms with Crippen molar-refractivity contribution in [1.82, 2.24) is 10.3 Å². The van der Waals surface area contributed by atoms with Gasteiger partial charge in [0.1, 0.15) is 0 Å². The quantitative estimate of drug-likeness (QED) is 0.703. The first-order valence-corrected chi connectivity index (χ1v) is 8.16. The lowest BCUT2D eigenvalue weighted by Crippen LogP contribution is -2.25. The molecule has 23 heavy (non-hydrogen) atoms. The van der Waals surface area contributed by atoms with E-state index in [9.17, 15) is 4.79 Å². The number of H-pyrrole nitrogens is 1. The summed E-state index contributed by atoms with van der Waals surface area (Å²) in [5, 5.41) is 4.91. The monoisotopic (exact) mass is 326 g/mol. The van der Waals surface area contributed by atoms with Crippen LogP contribution in [0.2, 0.25) is 5.02 Å². The van der Waals surface area contributed by atoms with Crippen LogP contribution in [0.15, 0.2) is 54.7 Å². The molecule has 3 aromatic rings. The van der Waals surface area contributed by atoms with E-state index in [1.54, 1.807) is 0 Å². The topological polar surface area (TPSA) is 44.9 Å². The van der Waals surface area contributed by atoms with Gasteiger partial charge < -0.3 is 10.3 Å². The number of benzene rings is 2. The number of aromatic nitrogens is 1. The number of nitrogens with one attached hydrogen (secondary N) is 2. The number of rotatable bonds is 6. The molecule has 1 amide bonds. The van der Waals surface area contributed by atoms with E-state index < -0.39 is 0 Å². The largest absolute Gasteiger partial charge is 0.361 e. The number of carbonyl (C=O) groups excluding carboxylic acids is 1. The highest BCUT2D eigenvalue weighted by Crippen LogP contribution is 2.14. The van der Waals surface area contributed by atoms with Crippen LogP contribution in [0.1, 0.15) is 17.5 Å². The van der Waals surface area contributed by atoms with E-state index in [1.807, 2.05) is 30.5 Å². The molecule has 1 heterocycles. The Labute approximate surface area is 140 Å². The smallest absolute Gasteiger partial charge is 0.220 e. The average molecular weight is 327 g/mol. The van der Waals surface area contributed by atoms with Crippen LogP contribution in [0.4, 0.5) is 0 Å². The van der Waals surface area contributed by atoms with Crippen molar-refractivity contribution in [1.29, 1.82) is 0 Å². The molecule has 2 N–H and O–H groups in total. The molecule has 2 aromatic carbocycles. The second kappa shape index (κ2) is 7.34. The van der Waals surface area contributed by atoms with E-state index in [1.165, 1.54) is 10.9 Å². The maximum absolute atomic E-state index is 11.9. The molecule has 0 spiro atoms. The Morgan fingerprint density at radius 3 is 2.61 bits per heavy atom. The summed E-state index contributed by atoms with van der Waals surface area (Å²) in [4.78, 5) is 15.1. The lowest BCUT2D eigenvalue weighted by atomic mass is 10.1. The van der Waals surface area contributed by atoms with E-state index in [0.717, 1.165) is 28.9 Å². The van der Waals surface area contributed by atoms with Gasteiger partial charge in [0.05, 0.1) is 0 Å². The second-order valence-electron chi connectivity index (χ2n) is 5.63. The molecule has 0 radical (unpaired) electrons. The predicted molar refractivity (Wildman–Crippen MR) is 94.8 cm³/mol. The van der Waals surface area contributed by atoms with Crippen LogP contribution >= 0.6 is 11.6 Å². The molecule has 0 saturated heterocycles. The zero-order valence-electron chi connectivity index (χ0n) is 12.8. The first-order valence-electron chi connectivity index (χ1n) is 7.78. The van der Waals surface area contributed by atoms with E-state index in [4.69, 9.17) is 11.6 Å². The maximum Gasteiger partial charge on any atom is 0.220 e. The number of aryl methyl sites for hydroxylation is 1. The molecule has 3 nitrogen and oxygen atoms in total. The van der Waals surface area contributed by atoms with Gasteiger partial charge in [0, 0.05) is 29.7 Å². The summed E-state index contributed by atoms with van der Waals surface area (Å²) in [6.45, 7) is 0.658. The maximum atomic E-state index is 11.9. The predicted octanol–water partition coefficient (Wildman–Crippen LogP) is 4.11. The van der Waals surface area contributed by atoms with Crippen molar-refractivity contribution in [2.75, 3.05) is 6.54 Å². The van der Waals surface area contributed by atoms with Crippen LogP contribution in [0.5, 0.6) is 0 Å². The average Bonchev–Trinajstić information content (AvgIpc) is 3.02. The van der Waals surface area contributed by atoms with Gasteiger partial charge in [-0.1, -0.05) is 35.9 Å². The summed E-state index contributed by atoms with van der Waals surface area (Å²) >= 11 is 5.85. The zero-order chi connectivity index (χ0) is 16.1. The summed E-state index contributed by atoms with van der Waals surface area (Å²) in [5.41, 5.74) is 3.48. The van der Waals surface area contributed by atoms with Gasteiger partial charge in [0.25, 0.3) is 0 Å². The minimum Gasteiger partial charge on any atom is -0.361 e. The Kier molecular flexibility index (Phi) is 4.99. The molecule has 0 aliphatic rings. The van der Waals surface area contributed by atoms with Crippen molar-refractivity contribution in [3.63, 3.8) is 0 Å². The highest BCUT2D eigenvalue weighted by molar-refractivity contribution is 6.30.